The van der Waals surface area contributed by atoms with Crippen molar-refractivity contribution in [3.63, 3.8) is 0 Å². The number of carbonyl (C=O) groups excluding carboxylic acids is 1. The molecule has 1 heterocycles. The number of carbonyl (C=O) groups is 1. The van der Waals surface area contributed by atoms with E-state index in [0.717, 1.165) is 30.6 Å². The number of likely N-dealkylation sites (N-methyl/N-ethyl adjacent to an activating group) is 1. The first-order chi connectivity index (χ1) is 15.5. The number of amides is 1. The molecular formula is C24H34N4O4S. The summed E-state index contributed by atoms with van der Waals surface area (Å²) < 4.78 is 11.8. The SMILES string of the molecule is CN(CCn1c(=O)c2cc(SNC3(C)CC3)ccc2n(CC2CC2)c1=O)C(=O)OC(C)(C)C. The third-order valence-corrected chi connectivity index (χ3v) is 7.20. The summed E-state index contributed by atoms with van der Waals surface area (Å²) in [5.74, 6) is 0.479. The van der Waals surface area contributed by atoms with Gasteiger partial charge in [0.2, 0.25) is 0 Å². The van der Waals surface area contributed by atoms with Crippen molar-refractivity contribution in [2.75, 3.05) is 13.6 Å². The van der Waals surface area contributed by atoms with Crippen molar-refractivity contribution in [2.45, 2.75) is 82.5 Å². The summed E-state index contributed by atoms with van der Waals surface area (Å²) in [5.41, 5.74) is -0.408. The fourth-order valence-corrected chi connectivity index (χ4v) is 4.43. The first kappa shape index (κ1) is 23.9. The normalized spacial score (nSPS) is 17.2. The van der Waals surface area contributed by atoms with Crippen LogP contribution in [-0.2, 0) is 17.8 Å². The highest BCUT2D eigenvalue weighted by atomic mass is 32.2. The van der Waals surface area contributed by atoms with Crippen LogP contribution in [0.2, 0.25) is 0 Å². The second-order valence-electron chi connectivity index (χ2n) is 10.6. The number of nitrogens with one attached hydrogen (secondary N) is 1. The molecule has 9 heteroatoms. The van der Waals surface area contributed by atoms with E-state index in [1.54, 1.807) is 32.4 Å². The van der Waals surface area contributed by atoms with E-state index in [-0.39, 0.29) is 29.9 Å². The van der Waals surface area contributed by atoms with E-state index in [1.807, 2.05) is 18.2 Å². The molecule has 0 unspecified atom stereocenters. The molecule has 2 fully saturated rings. The summed E-state index contributed by atoms with van der Waals surface area (Å²) in [7, 11) is 1.61. The van der Waals surface area contributed by atoms with Gasteiger partial charge in [-0.1, -0.05) is 0 Å². The number of ether oxygens (including phenoxy) is 1. The zero-order valence-corrected chi connectivity index (χ0v) is 21.0. The molecular weight excluding hydrogens is 440 g/mol. The lowest BCUT2D eigenvalue weighted by Crippen LogP contribution is -2.44. The molecule has 0 radical (unpaired) electrons. The highest BCUT2D eigenvalue weighted by Crippen LogP contribution is 2.37. The van der Waals surface area contributed by atoms with Gasteiger partial charge in [-0.3, -0.25) is 18.7 Å². The van der Waals surface area contributed by atoms with Crippen molar-refractivity contribution < 1.29 is 9.53 Å². The maximum absolute atomic E-state index is 13.4. The van der Waals surface area contributed by atoms with Crippen LogP contribution >= 0.6 is 11.9 Å². The molecule has 2 aromatic rings. The molecule has 33 heavy (non-hydrogen) atoms. The van der Waals surface area contributed by atoms with Gasteiger partial charge >= 0.3 is 11.8 Å². The van der Waals surface area contributed by atoms with E-state index in [0.29, 0.717) is 23.4 Å². The molecule has 8 nitrogen and oxygen atoms in total. The topological polar surface area (TPSA) is 85.6 Å². The molecule has 180 valence electrons. The summed E-state index contributed by atoms with van der Waals surface area (Å²) in [6.07, 6.45) is 4.02. The minimum Gasteiger partial charge on any atom is -0.444 e. The first-order valence-electron chi connectivity index (χ1n) is 11.6. The van der Waals surface area contributed by atoms with Crippen molar-refractivity contribution in [3.05, 3.63) is 39.0 Å². The van der Waals surface area contributed by atoms with E-state index < -0.39 is 11.7 Å². The van der Waals surface area contributed by atoms with E-state index >= 15 is 0 Å². The quantitative estimate of drug-likeness (QED) is 0.589. The van der Waals surface area contributed by atoms with Gasteiger partial charge in [0.1, 0.15) is 5.60 Å². The molecule has 2 saturated carbocycles. The summed E-state index contributed by atoms with van der Waals surface area (Å²) >= 11 is 1.53. The number of nitrogens with zero attached hydrogens (tertiary/aromatic N) is 3. The predicted molar refractivity (Wildman–Crippen MR) is 131 cm³/mol. The minimum absolute atomic E-state index is 0.113. The lowest BCUT2D eigenvalue weighted by Gasteiger charge is -2.25. The molecule has 4 rings (SSSR count). The van der Waals surface area contributed by atoms with Crippen LogP contribution in [0.1, 0.15) is 53.4 Å². The van der Waals surface area contributed by atoms with Crippen LogP contribution < -0.4 is 16.0 Å². The Kier molecular flexibility index (Phi) is 6.39. The Bertz CT molecular complexity index is 1170. The number of aromatic nitrogens is 2. The number of benzene rings is 1. The van der Waals surface area contributed by atoms with E-state index in [4.69, 9.17) is 4.74 Å². The molecule has 0 spiro atoms. The van der Waals surface area contributed by atoms with Crippen LogP contribution in [0, 0.1) is 5.92 Å². The summed E-state index contributed by atoms with van der Waals surface area (Å²) in [6.45, 7) is 8.52. The van der Waals surface area contributed by atoms with E-state index in [2.05, 4.69) is 11.6 Å². The summed E-state index contributed by atoms with van der Waals surface area (Å²) in [4.78, 5) is 41.3. The third kappa shape index (κ3) is 5.81. The largest absolute Gasteiger partial charge is 0.444 e. The second kappa shape index (κ2) is 8.83. The highest BCUT2D eigenvalue weighted by molar-refractivity contribution is 7.97. The Morgan fingerprint density at radius 1 is 1.24 bits per heavy atom. The second-order valence-corrected chi connectivity index (χ2v) is 11.5. The van der Waals surface area contributed by atoms with Crippen molar-refractivity contribution in [1.82, 2.24) is 18.8 Å². The van der Waals surface area contributed by atoms with Gasteiger partial charge in [-0.05, 0) is 89.4 Å². The molecule has 1 amide bonds. The predicted octanol–water partition coefficient (Wildman–Crippen LogP) is 3.59. The number of fused-ring (bicyclic) bond motifs is 1. The van der Waals surface area contributed by atoms with Crippen LogP contribution in [0.4, 0.5) is 4.79 Å². The van der Waals surface area contributed by atoms with Crippen LogP contribution in [0.3, 0.4) is 0 Å². The van der Waals surface area contributed by atoms with Gasteiger partial charge in [-0.15, -0.1) is 0 Å². The lowest BCUT2D eigenvalue weighted by molar-refractivity contribution is 0.0292. The van der Waals surface area contributed by atoms with E-state index in [1.165, 1.54) is 21.4 Å². The zero-order valence-electron chi connectivity index (χ0n) is 20.1. The summed E-state index contributed by atoms with van der Waals surface area (Å²) in [6, 6.07) is 5.73. The molecule has 1 N–H and O–H groups in total. The zero-order chi connectivity index (χ0) is 24.0. The summed E-state index contributed by atoms with van der Waals surface area (Å²) in [5, 5.41) is 0.530. The van der Waals surface area contributed by atoms with Gasteiger partial charge in [-0.2, -0.15) is 0 Å². The molecule has 0 atom stereocenters. The molecule has 1 aromatic carbocycles. The molecule has 2 aliphatic rings. The standard InChI is InChI=1S/C24H34N4O4S/c1-23(2,3)32-22(31)26(5)12-13-27-20(29)18-14-17(33-25-24(4)10-11-24)8-9-19(18)28(21(27)30)15-16-6-7-16/h8-9,14,16,25H,6-7,10-13,15H2,1-5H3. The molecule has 1 aromatic heterocycles. The fraction of sp³-hybridized carbons (Fsp3) is 0.625. The van der Waals surface area contributed by atoms with Crippen molar-refractivity contribution in [2.24, 2.45) is 5.92 Å². The van der Waals surface area contributed by atoms with Gasteiger partial charge in [0.25, 0.3) is 5.56 Å². The van der Waals surface area contributed by atoms with Crippen LogP contribution in [0.15, 0.2) is 32.7 Å². The molecule has 0 saturated heterocycles. The third-order valence-electron chi connectivity index (χ3n) is 6.11. The molecule has 2 aliphatic carbocycles. The van der Waals surface area contributed by atoms with Gasteiger partial charge in [-0.25, -0.2) is 9.59 Å². The maximum atomic E-state index is 13.4. The van der Waals surface area contributed by atoms with Gasteiger partial charge in [0.05, 0.1) is 10.9 Å². The number of hydrogen-bond acceptors (Lipinski definition) is 6. The highest BCUT2D eigenvalue weighted by Gasteiger charge is 2.37. The minimum atomic E-state index is -0.609. The van der Waals surface area contributed by atoms with E-state index in [9.17, 15) is 14.4 Å². The average Bonchev–Trinajstić information content (AvgIpc) is 3.67. The average molecular weight is 475 g/mol. The van der Waals surface area contributed by atoms with Crippen LogP contribution in [0.25, 0.3) is 10.9 Å². The molecule has 0 aliphatic heterocycles. The van der Waals surface area contributed by atoms with Crippen molar-refractivity contribution in [1.29, 1.82) is 0 Å². The Balaban J connectivity index is 1.63. The Labute approximate surface area is 198 Å². The Morgan fingerprint density at radius 2 is 1.94 bits per heavy atom. The van der Waals surface area contributed by atoms with Crippen LogP contribution in [-0.4, -0.2) is 44.9 Å². The number of rotatable bonds is 8. The first-order valence-corrected chi connectivity index (χ1v) is 12.4. The monoisotopic (exact) mass is 474 g/mol. The van der Waals surface area contributed by atoms with Crippen molar-refractivity contribution in [3.8, 4) is 0 Å². The number of hydrogen-bond donors (Lipinski definition) is 1. The van der Waals surface area contributed by atoms with Crippen LogP contribution in [0.5, 0.6) is 0 Å². The maximum Gasteiger partial charge on any atom is 0.410 e. The molecule has 0 bridgehead atoms. The Hall–Kier alpha value is -2.26. The van der Waals surface area contributed by atoms with Gasteiger partial charge < -0.3 is 9.64 Å². The fourth-order valence-electron chi connectivity index (χ4n) is 3.55. The van der Waals surface area contributed by atoms with Gasteiger partial charge in [0, 0.05) is 37.1 Å². The van der Waals surface area contributed by atoms with Crippen molar-refractivity contribution >= 4 is 28.9 Å². The lowest BCUT2D eigenvalue weighted by atomic mass is 10.2. The Morgan fingerprint density at radius 3 is 2.55 bits per heavy atom. The smallest absolute Gasteiger partial charge is 0.410 e. The van der Waals surface area contributed by atoms with Gasteiger partial charge in [0.15, 0.2) is 0 Å².